The van der Waals surface area contributed by atoms with Gasteiger partial charge in [-0.25, -0.2) is 14.6 Å². The number of benzene rings is 1. The molecule has 0 radical (unpaired) electrons. The Morgan fingerprint density at radius 2 is 1.94 bits per heavy atom. The molecule has 0 saturated carbocycles. The molecule has 0 N–H and O–H groups in total. The summed E-state index contributed by atoms with van der Waals surface area (Å²) in [4.78, 5) is 25.6. The van der Waals surface area contributed by atoms with Gasteiger partial charge in [0.05, 0.1) is 29.2 Å². The normalized spacial score (nSPS) is 13.7. The maximum absolute atomic E-state index is 13.2. The summed E-state index contributed by atoms with van der Waals surface area (Å²) in [5, 5.41) is 6.52. The highest BCUT2D eigenvalue weighted by atomic mass is 32.1. The van der Waals surface area contributed by atoms with Gasteiger partial charge < -0.3 is 4.90 Å². The Labute approximate surface area is 191 Å². The number of carbonyl (C=O) groups excluding carboxylic acids is 1. The second-order valence-corrected chi connectivity index (χ2v) is 9.20. The Hall–Kier alpha value is -3.32. The van der Waals surface area contributed by atoms with Gasteiger partial charge in [-0.1, -0.05) is 30.3 Å². The quantitative estimate of drug-likeness (QED) is 0.444. The Kier molecular flexibility index (Phi) is 5.35. The molecular formula is C25H25N5OS. The molecule has 5 rings (SSSR count). The zero-order chi connectivity index (χ0) is 22.2. The van der Waals surface area contributed by atoms with Crippen molar-refractivity contribution in [3.8, 4) is 17.2 Å². The van der Waals surface area contributed by atoms with Crippen LogP contribution in [-0.2, 0) is 12.8 Å². The second kappa shape index (κ2) is 8.31. The van der Waals surface area contributed by atoms with Crippen LogP contribution in [0, 0.1) is 6.92 Å². The summed E-state index contributed by atoms with van der Waals surface area (Å²) >= 11 is 1.65. The number of hydrogen-bond acceptors (Lipinski definition) is 5. The molecule has 1 aromatic carbocycles. The highest BCUT2D eigenvalue weighted by Crippen LogP contribution is 2.31. The monoisotopic (exact) mass is 443 g/mol. The first-order valence-corrected chi connectivity index (χ1v) is 11.7. The number of hydrogen-bond donors (Lipinski definition) is 0. The lowest BCUT2D eigenvalue weighted by Crippen LogP contribution is -2.29. The first-order valence-electron chi connectivity index (χ1n) is 10.8. The molecule has 7 heteroatoms. The largest absolute Gasteiger partial charge is 0.334 e. The van der Waals surface area contributed by atoms with E-state index in [1.807, 2.05) is 38.5 Å². The van der Waals surface area contributed by atoms with E-state index >= 15 is 0 Å². The van der Waals surface area contributed by atoms with Crippen LogP contribution >= 0.6 is 11.3 Å². The van der Waals surface area contributed by atoms with Crippen LogP contribution in [0.3, 0.4) is 0 Å². The van der Waals surface area contributed by atoms with Gasteiger partial charge >= 0.3 is 0 Å². The highest BCUT2D eigenvalue weighted by molar-refractivity contribution is 7.10. The van der Waals surface area contributed by atoms with Crippen LogP contribution in [0.5, 0.6) is 0 Å². The lowest BCUT2D eigenvalue weighted by Gasteiger charge is -2.24. The third kappa shape index (κ3) is 3.52. The van der Waals surface area contributed by atoms with Gasteiger partial charge in [0.1, 0.15) is 0 Å². The standard InChI is InChI=1S/C25H25N5OS/c1-16-21(24(31)29(3)17(2)22-12-7-13-32-22)15-27-30(16)25-26-14-19-10-6-9-18-8-4-5-11-20(18)23(19)28-25/h4-5,7-8,11-15,17H,6,9-10H2,1-3H3. The lowest BCUT2D eigenvalue weighted by atomic mass is 10.0. The molecule has 3 aromatic heterocycles. The fraction of sp³-hybridized carbons (Fsp3) is 0.280. The van der Waals surface area contributed by atoms with Crippen molar-refractivity contribution in [2.24, 2.45) is 0 Å². The van der Waals surface area contributed by atoms with E-state index in [0.29, 0.717) is 11.5 Å². The average molecular weight is 444 g/mol. The van der Waals surface area contributed by atoms with E-state index in [-0.39, 0.29) is 11.9 Å². The first-order chi connectivity index (χ1) is 15.5. The van der Waals surface area contributed by atoms with Gasteiger partial charge in [0.2, 0.25) is 0 Å². The zero-order valence-corrected chi connectivity index (χ0v) is 19.3. The van der Waals surface area contributed by atoms with Crippen molar-refractivity contribution in [2.75, 3.05) is 7.05 Å². The van der Waals surface area contributed by atoms with Crippen molar-refractivity contribution in [2.45, 2.75) is 39.2 Å². The molecule has 1 amide bonds. The van der Waals surface area contributed by atoms with E-state index < -0.39 is 0 Å². The molecule has 1 aliphatic rings. The number of fused-ring (bicyclic) bond motifs is 3. The zero-order valence-electron chi connectivity index (χ0n) is 18.4. The molecule has 4 aromatic rings. The number of thiophene rings is 1. The summed E-state index contributed by atoms with van der Waals surface area (Å²) in [6.45, 7) is 3.93. The van der Waals surface area contributed by atoms with E-state index in [9.17, 15) is 4.79 Å². The third-order valence-electron chi connectivity index (χ3n) is 6.30. The molecular weight excluding hydrogens is 418 g/mol. The highest BCUT2D eigenvalue weighted by Gasteiger charge is 2.25. The van der Waals surface area contributed by atoms with E-state index in [0.717, 1.165) is 46.7 Å². The Morgan fingerprint density at radius 3 is 2.75 bits per heavy atom. The van der Waals surface area contributed by atoms with Crippen molar-refractivity contribution >= 4 is 17.2 Å². The Balaban J connectivity index is 1.49. The summed E-state index contributed by atoms with van der Waals surface area (Å²) in [7, 11) is 1.83. The summed E-state index contributed by atoms with van der Waals surface area (Å²) in [6, 6.07) is 12.5. The molecule has 0 fully saturated rings. The molecule has 32 heavy (non-hydrogen) atoms. The summed E-state index contributed by atoms with van der Waals surface area (Å²) in [5.74, 6) is 0.431. The van der Waals surface area contributed by atoms with Gasteiger partial charge in [0, 0.05) is 23.7 Å². The maximum Gasteiger partial charge on any atom is 0.257 e. The fourth-order valence-electron chi connectivity index (χ4n) is 4.26. The van der Waals surface area contributed by atoms with Gasteiger partial charge in [-0.3, -0.25) is 4.79 Å². The number of nitrogens with zero attached hydrogens (tertiary/aromatic N) is 5. The van der Waals surface area contributed by atoms with Crippen LogP contribution in [0.15, 0.2) is 54.2 Å². The second-order valence-electron chi connectivity index (χ2n) is 8.22. The van der Waals surface area contributed by atoms with Crippen molar-refractivity contribution in [3.05, 3.63) is 81.4 Å². The van der Waals surface area contributed by atoms with Crippen LogP contribution in [-0.4, -0.2) is 37.6 Å². The summed E-state index contributed by atoms with van der Waals surface area (Å²) < 4.78 is 1.67. The predicted molar refractivity (Wildman–Crippen MR) is 126 cm³/mol. The molecule has 162 valence electrons. The van der Waals surface area contributed by atoms with Gasteiger partial charge in [-0.05, 0) is 55.7 Å². The minimum atomic E-state index is -0.0604. The first kappa shape index (κ1) is 20.6. The molecule has 0 bridgehead atoms. The lowest BCUT2D eigenvalue weighted by molar-refractivity contribution is 0.0744. The molecule has 0 saturated heterocycles. The molecule has 1 unspecified atom stereocenters. The van der Waals surface area contributed by atoms with Gasteiger partial charge in [0.25, 0.3) is 11.9 Å². The van der Waals surface area contributed by atoms with Crippen LogP contribution in [0.1, 0.15) is 51.4 Å². The number of aryl methyl sites for hydroxylation is 2. The molecule has 3 heterocycles. The number of amides is 1. The van der Waals surface area contributed by atoms with Gasteiger partial charge in [-0.15, -0.1) is 11.3 Å². The van der Waals surface area contributed by atoms with Crippen molar-refractivity contribution in [3.63, 3.8) is 0 Å². The molecule has 6 nitrogen and oxygen atoms in total. The minimum absolute atomic E-state index is 0.00880. The SMILES string of the molecule is Cc1c(C(=O)N(C)C(C)c2cccs2)cnn1-c1ncc2c(n1)-c1ccccc1CCC2. The molecule has 1 atom stereocenters. The third-order valence-corrected chi connectivity index (χ3v) is 7.34. The fourth-order valence-corrected chi connectivity index (χ4v) is 5.09. The number of aromatic nitrogens is 4. The smallest absolute Gasteiger partial charge is 0.257 e. The van der Waals surface area contributed by atoms with Crippen LogP contribution < -0.4 is 0 Å². The van der Waals surface area contributed by atoms with E-state index in [4.69, 9.17) is 4.98 Å². The van der Waals surface area contributed by atoms with Crippen LogP contribution in [0.2, 0.25) is 0 Å². The van der Waals surface area contributed by atoms with E-state index in [1.54, 1.807) is 27.1 Å². The van der Waals surface area contributed by atoms with Crippen molar-refractivity contribution in [1.82, 2.24) is 24.6 Å². The molecule has 1 aliphatic carbocycles. The Morgan fingerprint density at radius 1 is 1.12 bits per heavy atom. The maximum atomic E-state index is 13.2. The van der Waals surface area contributed by atoms with Gasteiger partial charge in [0.15, 0.2) is 0 Å². The van der Waals surface area contributed by atoms with E-state index in [1.165, 1.54) is 5.56 Å². The van der Waals surface area contributed by atoms with Crippen molar-refractivity contribution in [1.29, 1.82) is 0 Å². The van der Waals surface area contributed by atoms with Crippen LogP contribution in [0.25, 0.3) is 17.2 Å². The van der Waals surface area contributed by atoms with Gasteiger partial charge in [-0.2, -0.15) is 5.10 Å². The predicted octanol–water partition coefficient (Wildman–Crippen LogP) is 5.02. The molecule has 0 spiro atoms. The summed E-state index contributed by atoms with van der Waals surface area (Å²) in [5.41, 5.74) is 5.90. The van der Waals surface area contributed by atoms with E-state index in [2.05, 4.69) is 40.4 Å². The molecule has 0 aliphatic heterocycles. The minimum Gasteiger partial charge on any atom is -0.334 e. The summed E-state index contributed by atoms with van der Waals surface area (Å²) in [6.07, 6.45) is 6.61. The topological polar surface area (TPSA) is 63.9 Å². The van der Waals surface area contributed by atoms with Crippen LogP contribution in [0.4, 0.5) is 0 Å². The number of carbonyl (C=O) groups is 1. The Bertz CT molecular complexity index is 1280. The number of rotatable bonds is 4. The van der Waals surface area contributed by atoms with Crippen molar-refractivity contribution < 1.29 is 4.79 Å². The average Bonchev–Trinajstić information content (AvgIpc) is 3.44.